The van der Waals surface area contributed by atoms with Gasteiger partial charge in [0.1, 0.15) is 5.75 Å². The molecule has 0 spiro atoms. The van der Waals surface area contributed by atoms with Crippen molar-refractivity contribution in [1.29, 1.82) is 0 Å². The van der Waals surface area contributed by atoms with E-state index in [9.17, 15) is 9.59 Å². The van der Waals surface area contributed by atoms with Crippen molar-refractivity contribution < 1.29 is 14.3 Å². The van der Waals surface area contributed by atoms with Crippen LogP contribution in [0.3, 0.4) is 0 Å². The third-order valence-corrected chi connectivity index (χ3v) is 4.57. The number of amides is 1. The van der Waals surface area contributed by atoms with Gasteiger partial charge < -0.3 is 15.0 Å². The van der Waals surface area contributed by atoms with Crippen LogP contribution in [0.4, 0.5) is 0 Å². The van der Waals surface area contributed by atoms with Gasteiger partial charge in [-0.1, -0.05) is 19.9 Å². The molecule has 5 nitrogen and oxygen atoms in total. The van der Waals surface area contributed by atoms with Gasteiger partial charge in [0.25, 0.3) is 5.91 Å². The summed E-state index contributed by atoms with van der Waals surface area (Å²) < 4.78 is 7.81. The second-order valence-electron chi connectivity index (χ2n) is 7.19. The fourth-order valence-electron chi connectivity index (χ4n) is 2.99. The molecule has 0 aliphatic rings. The normalized spacial score (nSPS) is 11.0. The molecular formula is C21H28N2O3. The lowest BCUT2D eigenvalue weighted by Gasteiger charge is -2.12. The first kappa shape index (κ1) is 19.8. The number of hydrogen-bond acceptors (Lipinski definition) is 3. The minimum Gasteiger partial charge on any atom is -0.485 e. The van der Waals surface area contributed by atoms with Crippen molar-refractivity contribution in [3.63, 3.8) is 0 Å². The number of primary amides is 1. The van der Waals surface area contributed by atoms with Crippen LogP contribution in [0, 0.1) is 26.7 Å². The van der Waals surface area contributed by atoms with Crippen LogP contribution in [0.1, 0.15) is 57.9 Å². The van der Waals surface area contributed by atoms with Crippen molar-refractivity contribution in [2.45, 2.75) is 47.6 Å². The van der Waals surface area contributed by atoms with E-state index in [0.29, 0.717) is 17.2 Å². The van der Waals surface area contributed by atoms with Crippen LogP contribution in [0.2, 0.25) is 0 Å². The summed E-state index contributed by atoms with van der Waals surface area (Å²) in [4.78, 5) is 24.2. The van der Waals surface area contributed by atoms with Crippen molar-refractivity contribution in [1.82, 2.24) is 4.57 Å². The van der Waals surface area contributed by atoms with Crippen molar-refractivity contribution in [3.05, 3.63) is 52.3 Å². The SMILES string of the molecule is Cc1ccc(C(N)=O)c(OCC(=O)c2cc(C)n(CCC(C)C)c2C)c1. The minimum atomic E-state index is -0.570. The van der Waals surface area contributed by atoms with Gasteiger partial charge in [-0.3, -0.25) is 9.59 Å². The molecule has 1 aromatic carbocycles. The predicted octanol–water partition coefficient (Wildman–Crippen LogP) is 3.82. The molecule has 0 saturated heterocycles. The van der Waals surface area contributed by atoms with E-state index in [4.69, 9.17) is 10.5 Å². The van der Waals surface area contributed by atoms with Gasteiger partial charge in [-0.15, -0.1) is 0 Å². The van der Waals surface area contributed by atoms with Gasteiger partial charge in [0, 0.05) is 23.5 Å². The van der Waals surface area contributed by atoms with Gasteiger partial charge in [-0.05, 0) is 56.9 Å². The molecule has 0 saturated carbocycles. The molecule has 5 heteroatoms. The van der Waals surface area contributed by atoms with E-state index in [0.717, 1.165) is 29.9 Å². The van der Waals surface area contributed by atoms with Crippen LogP contribution < -0.4 is 10.5 Å². The highest BCUT2D eigenvalue weighted by atomic mass is 16.5. The van der Waals surface area contributed by atoms with E-state index in [1.807, 2.05) is 26.8 Å². The van der Waals surface area contributed by atoms with Crippen LogP contribution >= 0.6 is 0 Å². The average molecular weight is 356 g/mol. The van der Waals surface area contributed by atoms with Crippen LogP contribution in [-0.2, 0) is 6.54 Å². The van der Waals surface area contributed by atoms with Crippen molar-refractivity contribution in [2.24, 2.45) is 11.7 Å². The zero-order valence-electron chi connectivity index (χ0n) is 16.3. The highest BCUT2D eigenvalue weighted by Crippen LogP contribution is 2.22. The monoisotopic (exact) mass is 356 g/mol. The van der Waals surface area contributed by atoms with E-state index in [-0.39, 0.29) is 18.0 Å². The van der Waals surface area contributed by atoms with E-state index >= 15 is 0 Å². The van der Waals surface area contributed by atoms with E-state index < -0.39 is 5.91 Å². The smallest absolute Gasteiger partial charge is 0.252 e. The van der Waals surface area contributed by atoms with Gasteiger partial charge in [-0.2, -0.15) is 0 Å². The van der Waals surface area contributed by atoms with E-state index in [2.05, 4.69) is 18.4 Å². The maximum absolute atomic E-state index is 12.7. The lowest BCUT2D eigenvalue weighted by Crippen LogP contribution is -2.17. The summed E-state index contributed by atoms with van der Waals surface area (Å²) in [5.41, 5.74) is 9.29. The lowest BCUT2D eigenvalue weighted by atomic mass is 10.1. The number of Topliss-reactive ketones (excluding diaryl/α,β-unsaturated/α-hetero) is 1. The Balaban J connectivity index is 2.15. The van der Waals surface area contributed by atoms with Crippen molar-refractivity contribution >= 4 is 11.7 Å². The third-order valence-electron chi connectivity index (χ3n) is 4.57. The van der Waals surface area contributed by atoms with Gasteiger partial charge in [0.05, 0.1) is 5.56 Å². The van der Waals surface area contributed by atoms with Crippen molar-refractivity contribution in [3.8, 4) is 5.75 Å². The Morgan fingerprint density at radius 3 is 2.42 bits per heavy atom. The van der Waals surface area contributed by atoms with Gasteiger partial charge in [0.15, 0.2) is 6.61 Å². The third kappa shape index (κ3) is 4.54. The Labute approximate surface area is 155 Å². The Bertz CT molecular complexity index is 819. The topological polar surface area (TPSA) is 74.3 Å². The molecule has 140 valence electrons. The quantitative estimate of drug-likeness (QED) is 0.731. The first-order valence-electron chi connectivity index (χ1n) is 8.94. The number of rotatable bonds is 8. The molecule has 2 N–H and O–H groups in total. The summed E-state index contributed by atoms with van der Waals surface area (Å²) in [6, 6.07) is 7.04. The Hall–Kier alpha value is -2.56. The summed E-state index contributed by atoms with van der Waals surface area (Å²) in [7, 11) is 0. The summed E-state index contributed by atoms with van der Waals surface area (Å²) in [5, 5.41) is 0. The fraction of sp³-hybridized carbons (Fsp3) is 0.429. The molecule has 0 bridgehead atoms. The second kappa shape index (κ2) is 8.21. The van der Waals surface area contributed by atoms with Crippen LogP contribution in [0.5, 0.6) is 5.75 Å². The first-order valence-corrected chi connectivity index (χ1v) is 8.94. The zero-order chi connectivity index (χ0) is 19.4. The molecule has 0 aliphatic heterocycles. The predicted molar refractivity (Wildman–Crippen MR) is 103 cm³/mol. The molecule has 1 heterocycles. The molecule has 2 aromatic rings. The Morgan fingerprint density at radius 1 is 1.12 bits per heavy atom. The van der Waals surface area contributed by atoms with E-state index in [1.54, 1.807) is 18.2 Å². The Kier molecular flexibility index (Phi) is 6.24. The molecular weight excluding hydrogens is 328 g/mol. The average Bonchev–Trinajstić information content (AvgIpc) is 2.84. The van der Waals surface area contributed by atoms with E-state index in [1.165, 1.54) is 0 Å². The fourth-order valence-corrected chi connectivity index (χ4v) is 2.99. The number of ether oxygens (including phenoxy) is 1. The molecule has 2 rings (SSSR count). The van der Waals surface area contributed by atoms with Crippen LogP contribution in [0.15, 0.2) is 24.3 Å². The number of nitrogens with two attached hydrogens (primary N) is 1. The number of aryl methyl sites for hydroxylation is 2. The van der Waals surface area contributed by atoms with Crippen molar-refractivity contribution in [2.75, 3.05) is 6.61 Å². The number of benzene rings is 1. The molecule has 1 amide bonds. The Morgan fingerprint density at radius 2 is 1.81 bits per heavy atom. The number of aromatic nitrogens is 1. The number of carbonyl (C=O) groups is 2. The molecule has 0 unspecified atom stereocenters. The summed E-state index contributed by atoms with van der Waals surface area (Å²) in [6.45, 7) is 11.0. The molecule has 0 fully saturated rings. The maximum Gasteiger partial charge on any atom is 0.252 e. The van der Waals surface area contributed by atoms with Gasteiger partial charge >= 0.3 is 0 Å². The zero-order valence-corrected chi connectivity index (χ0v) is 16.3. The number of ketones is 1. The summed E-state index contributed by atoms with van der Waals surface area (Å²) in [6.07, 6.45) is 1.06. The van der Waals surface area contributed by atoms with Gasteiger partial charge in [-0.25, -0.2) is 0 Å². The largest absolute Gasteiger partial charge is 0.485 e. The summed E-state index contributed by atoms with van der Waals surface area (Å²) in [5.74, 6) is 0.275. The number of hydrogen-bond donors (Lipinski definition) is 1. The molecule has 0 radical (unpaired) electrons. The van der Waals surface area contributed by atoms with Gasteiger partial charge in [0.2, 0.25) is 5.78 Å². The molecule has 0 aliphatic carbocycles. The minimum absolute atomic E-state index is 0.106. The molecule has 0 atom stereocenters. The highest BCUT2D eigenvalue weighted by Gasteiger charge is 2.18. The maximum atomic E-state index is 12.7. The molecule has 1 aromatic heterocycles. The van der Waals surface area contributed by atoms with Crippen LogP contribution in [-0.4, -0.2) is 22.9 Å². The number of nitrogens with zero attached hydrogens (tertiary/aromatic N) is 1. The summed E-state index contributed by atoms with van der Waals surface area (Å²) >= 11 is 0. The second-order valence-corrected chi connectivity index (χ2v) is 7.19. The molecule has 26 heavy (non-hydrogen) atoms. The van der Waals surface area contributed by atoms with Crippen LogP contribution in [0.25, 0.3) is 0 Å². The first-order chi connectivity index (χ1) is 12.2. The lowest BCUT2D eigenvalue weighted by molar-refractivity contribution is 0.0911. The number of carbonyl (C=O) groups excluding carboxylic acids is 2. The highest BCUT2D eigenvalue weighted by molar-refractivity contribution is 5.99. The standard InChI is InChI=1S/C21H28N2O3/c1-13(2)8-9-23-15(4)11-18(16(23)5)19(24)12-26-20-10-14(3)6-7-17(20)21(22)25/h6-7,10-11,13H,8-9,12H2,1-5H3,(H2,22,25).